The molecule has 10 heteroatoms. The average Bonchev–Trinajstić information content (AvgIpc) is 3.24. The highest BCUT2D eigenvalue weighted by Gasteiger charge is 2.77. The van der Waals surface area contributed by atoms with Crippen molar-refractivity contribution in [3.63, 3.8) is 0 Å². The lowest BCUT2D eigenvalue weighted by atomic mass is 9.31. The van der Waals surface area contributed by atoms with Crippen LogP contribution in [0.15, 0.2) is 0 Å². The summed E-state index contributed by atoms with van der Waals surface area (Å²) in [6, 6.07) is 0. The fourth-order valence-corrected chi connectivity index (χ4v) is 13.5. The third-order valence-electron chi connectivity index (χ3n) is 16.1. The predicted octanol–water partition coefficient (Wildman–Crippen LogP) is 2.10. The van der Waals surface area contributed by atoms with E-state index in [-0.39, 0.29) is 34.2 Å². The molecule has 0 bridgehead atoms. The van der Waals surface area contributed by atoms with Gasteiger partial charge in [0, 0.05) is 5.92 Å². The van der Waals surface area contributed by atoms with Crippen LogP contribution in [0.3, 0.4) is 0 Å². The zero-order chi connectivity index (χ0) is 34.2. The topological polar surface area (TPSA) is 180 Å². The summed E-state index contributed by atoms with van der Waals surface area (Å²) in [5.41, 5.74) is -4.81. The Morgan fingerprint density at radius 1 is 0.761 bits per heavy atom. The molecule has 1 aliphatic heterocycles. The molecule has 6 fully saturated rings. The summed E-state index contributed by atoms with van der Waals surface area (Å²) in [5.74, 6) is -0.381. The number of hydrogen-bond donors (Lipinski definition) is 8. The fourth-order valence-electron chi connectivity index (χ4n) is 13.5. The molecule has 46 heavy (non-hydrogen) atoms. The summed E-state index contributed by atoms with van der Waals surface area (Å²) in [7, 11) is 0. The molecule has 266 valence electrons. The highest BCUT2D eigenvalue weighted by atomic mass is 16.7. The van der Waals surface area contributed by atoms with Gasteiger partial charge >= 0.3 is 0 Å². The second kappa shape index (κ2) is 10.8. The van der Waals surface area contributed by atoms with Gasteiger partial charge in [0.2, 0.25) is 0 Å². The highest BCUT2D eigenvalue weighted by molar-refractivity contribution is 5.26. The van der Waals surface area contributed by atoms with Gasteiger partial charge in [0.15, 0.2) is 6.29 Å². The Balaban J connectivity index is 1.45. The van der Waals surface area contributed by atoms with Crippen LogP contribution in [0.5, 0.6) is 0 Å². The molecular formula is C36H62O10. The molecule has 0 unspecified atom stereocenters. The standard InChI is InChI=1S/C36H62O10/c1-30(2)21-9-12-34(7)22(32(21,5)11-10-23(30)39)15-18(38)27-33(6)13-14-36(44,31(3,4)43)28(33)19(16-35(27,34)8)45-29-26(42)25(41)24(40)20(17-37)46-29/h18-29,37-44H,9-17H2,1-8H3/t18-,19+,20-,21+,22-,23+,24-,25+,26-,27-,28-,29-,32+,33-,34-,35-,36+/m1/s1. The van der Waals surface area contributed by atoms with Gasteiger partial charge in [-0.25, -0.2) is 0 Å². The van der Waals surface area contributed by atoms with Crippen LogP contribution in [0, 0.1) is 50.7 Å². The van der Waals surface area contributed by atoms with E-state index in [1.54, 1.807) is 13.8 Å². The van der Waals surface area contributed by atoms with E-state index in [1.807, 2.05) is 0 Å². The number of aliphatic hydroxyl groups is 8. The molecule has 0 aromatic heterocycles. The maximum atomic E-state index is 12.4. The van der Waals surface area contributed by atoms with Gasteiger partial charge in [0.1, 0.15) is 24.4 Å². The molecule has 5 saturated carbocycles. The van der Waals surface area contributed by atoms with Crippen LogP contribution < -0.4 is 0 Å². The maximum absolute atomic E-state index is 12.4. The third-order valence-corrected chi connectivity index (χ3v) is 16.1. The Hall–Kier alpha value is -0.400. The number of aliphatic hydroxyl groups excluding tert-OH is 6. The van der Waals surface area contributed by atoms with E-state index in [9.17, 15) is 40.9 Å². The van der Waals surface area contributed by atoms with Crippen LogP contribution in [-0.4, -0.2) is 108 Å². The van der Waals surface area contributed by atoms with Crippen molar-refractivity contribution in [2.75, 3.05) is 6.61 Å². The highest BCUT2D eigenvalue weighted by Crippen LogP contribution is 2.78. The third kappa shape index (κ3) is 4.43. The average molecular weight is 655 g/mol. The van der Waals surface area contributed by atoms with Crippen LogP contribution in [0.25, 0.3) is 0 Å². The van der Waals surface area contributed by atoms with Crippen molar-refractivity contribution in [3.05, 3.63) is 0 Å². The molecule has 1 saturated heterocycles. The minimum Gasteiger partial charge on any atom is -0.394 e. The van der Waals surface area contributed by atoms with Gasteiger partial charge < -0.3 is 50.3 Å². The van der Waals surface area contributed by atoms with Crippen molar-refractivity contribution in [3.8, 4) is 0 Å². The second-order valence-electron chi connectivity index (χ2n) is 18.7. The normalized spacial score (nSPS) is 58.4. The van der Waals surface area contributed by atoms with E-state index < -0.39 is 77.5 Å². The maximum Gasteiger partial charge on any atom is 0.186 e. The molecule has 6 aliphatic rings. The van der Waals surface area contributed by atoms with Gasteiger partial charge in [-0.3, -0.25) is 0 Å². The van der Waals surface area contributed by atoms with Gasteiger partial charge in [-0.1, -0.05) is 41.5 Å². The lowest BCUT2D eigenvalue weighted by molar-refractivity contribution is -0.351. The lowest BCUT2D eigenvalue weighted by Crippen LogP contribution is -2.73. The van der Waals surface area contributed by atoms with Gasteiger partial charge in [-0.15, -0.1) is 0 Å². The molecule has 1 heterocycles. The van der Waals surface area contributed by atoms with Gasteiger partial charge in [0.25, 0.3) is 0 Å². The Kier molecular flexibility index (Phi) is 8.32. The SMILES string of the molecule is CC1(C)[C@@H](O)CC[C@]2(C)[C@H]3C[C@@H](O)[C@@H]4[C@@]5(C)CC[C@@](O)(C(C)(C)O)[C@@H]5[C@@H](O[C@@H]5O[C@H](CO)[C@@H](O)[C@H](O)[C@H]5O)C[C@@]4(C)[C@]3(C)CC[C@@H]12. The van der Waals surface area contributed by atoms with Crippen LogP contribution in [0.2, 0.25) is 0 Å². The second-order valence-corrected chi connectivity index (χ2v) is 18.7. The summed E-state index contributed by atoms with van der Waals surface area (Å²) in [5, 5.41) is 89.4. The van der Waals surface area contributed by atoms with Crippen molar-refractivity contribution >= 4 is 0 Å². The van der Waals surface area contributed by atoms with Crippen molar-refractivity contribution in [2.45, 2.75) is 167 Å². The molecule has 0 spiro atoms. The first-order chi connectivity index (χ1) is 21.0. The minimum atomic E-state index is -1.61. The van der Waals surface area contributed by atoms with Crippen molar-refractivity contribution in [1.82, 2.24) is 0 Å². The predicted molar refractivity (Wildman–Crippen MR) is 169 cm³/mol. The largest absolute Gasteiger partial charge is 0.394 e. The van der Waals surface area contributed by atoms with Crippen LogP contribution >= 0.6 is 0 Å². The van der Waals surface area contributed by atoms with Crippen molar-refractivity contribution in [2.24, 2.45) is 50.7 Å². The summed E-state index contributed by atoms with van der Waals surface area (Å²) >= 11 is 0. The molecule has 0 aromatic rings. The van der Waals surface area contributed by atoms with Crippen LogP contribution in [0.1, 0.15) is 107 Å². The smallest absolute Gasteiger partial charge is 0.186 e. The van der Waals surface area contributed by atoms with Crippen LogP contribution in [-0.2, 0) is 9.47 Å². The number of ether oxygens (including phenoxy) is 2. The Labute approximate surface area is 274 Å². The quantitative estimate of drug-likeness (QED) is 0.209. The number of hydrogen-bond acceptors (Lipinski definition) is 10. The Morgan fingerprint density at radius 3 is 2.02 bits per heavy atom. The van der Waals surface area contributed by atoms with E-state index in [0.717, 1.165) is 25.7 Å². The summed E-state index contributed by atoms with van der Waals surface area (Å²) < 4.78 is 12.5. The molecule has 0 amide bonds. The Bertz CT molecular complexity index is 1170. The fraction of sp³-hybridized carbons (Fsp3) is 1.00. The summed E-state index contributed by atoms with van der Waals surface area (Å²) in [6.07, 6.45) is -3.63. The minimum absolute atomic E-state index is 0.0976. The molecular weight excluding hydrogens is 592 g/mol. The van der Waals surface area contributed by atoms with E-state index in [0.29, 0.717) is 31.6 Å². The number of rotatable bonds is 4. The van der Waals surface area contributed by atoms with Crippen molar-refractivity contribution < 1.29 is 50.3 Å². The first-order valence-electron chi connectivity index (χ1n) is 17.8. The molecule has 10 nitrogen and oxygen atoms in total. The van der Waals surface area contributed by atoms with Gasteiger partial charge in [-0.2, -0.15) is 0 Å². The zero-order valence-corrected chi connectivity index (χ0v) is 29.2. The van der Waals surface area contributed by atoms with E-state index >= 15 is 0 Å². The molecule has 6 rings (SSSR count). The van der Waals surface area contributed by atoms with Gasteiger partial charge in [0.05, 0.1) is 36.1 Å². The molecule has 17 atom stereocenters. The first kappa shape index (κ1) is 35.4. The summed E-state index contributed by atoms with van der Waals surface area (Å²) in [6.45, 7) is 16.2. The molecule has 8 N–H and O–H groups in total. The van der Waals surface area contributed by atoms with E-state index in [1.165, 1.54) is 0 Å². The zero-order valence-electron chi connectivity index (χ0n) is 29.2. The Morgan fingerprint density at radius 2 is 1.41 bits per heavy atom. The van der Waals surface area contributed by atoms with Gasteiger partial charge in [-0.05, 0) is 110 Å². The number of fused-ring (bicyclic) bond motifs is 7. The van der Waals surface area contributed by atoms with Crippen LogP contribution in [0.4, 0.5) is 0 Å². The first-order valence-corrected chi connectivity index (χ1v) is 17.8. The molecule has 0 aromatic carbocycles. The monoisotopic (exact) mass is 654 g/mol. The van der Waals surface area contributed by atoms with Crippen molar-refractivity contribution in [1.29, 1.82) is 0 Å². The molecule has 5 aliphatic carbocycles. The molecule has 0 radical (unpaired) electrons. The summed E-state index contributed by atoms with van der Waals surface area (Å²) in [4.78, 5) is 0. The van der Waals surface area contributed by atoms with E-state index in [4.69, 9.17) is 9.47 Å². The lowest BCUT2D eigenvalue weighted by Gasteiger charge is -2.75. The van der Waals surface area contributed by atoms with E-state index in [2.05, 4.69) is 41.5 Å².